The molecule has 1 heterocycles. The van der Waals surface area contributed by atoms with E-state index in [1.807, 2.05) is 13.1 Å². The zero-order chi connectivity index (χ0) is 19.3. The van der Waals surface area contributed by atoms with Crippen LogP contribution in [0.4, 0.5) is 13.2 Å². The van der Waals surface area contributed by atoms with Gasteiger partial charge in [-0.15, -0.1) is 0 Å². The summed E-state index contributed by atoms with van der Waals surface area (Å²) in [6.07, 6.45) is -1.87. The summed E-state index contributed by atoms with van der Waals surface area (Å²) < 4.78 is 31.7. The minimum Gasteiger partial charge on any atom is -0.475 e. The van der Waals surface area contributed by atoms with Crippen LogP contribution in [0.5, 0.6) is 0 Å². The highest BCUT2D eigenvalue weighted by atomic mass is 19.4. The molecule has 1 amide bonds. The number of halogens is 3. The largest absolute Gasteiger partial charge is 0.490 e. The van der Waals surface area contributed by atoms with Gasteiger partial charge in [0.25, 0.3) is 0 Å². The van der Waals surface area contributed by atoms with Crippen LogP contribution >= 0.6 is 0 Å². The fourth-order valence-electron chi connectivity index (χ4n) is 3.16. The first-order valence-corrected chi connectivity index (χ1v) is 8.55. The average molecular weight is 372 g/mol. The number of piperidine rings is 1. The highest BCUT2D eigenvalue weighted by molar-refractivity contribution is 5.83. The normalized spacial score (nSPS) is 23.0. The van der Waals surface area contributed by atoms with Crippen LogP contribution in [0.2, 0.25) is 0 Å². The maximum Gasteiger partial charge on any atom is 0.490 e. The number of carbonyl (C=O) groups is 2. The van der Waals surface area contributed by atoms with E-state index >= 15 is 0 Å². The summed E-state index contributed by atoms with van der Waals surface area (Å²) >= 11 is 0. The molecule has 0 radical (unpaired) electrons. The second kappa shape index (κ2) is 8.53. The lowest BCUT2D eigenvalue weighted by Crippen LogP contribution is -2.44. The topological polar surface area (TPSA) is 69.6 Å². The number of hydrogen-bond acceptors (Lipinski definition) is 3. The van der Waals surface area contributed by atoms with Crippen molar-refractivity contribution in [3.63, 3.8) is 0 Å². The van der Waals surface area contributed by atoms with Gasteiger partial charge < -0.3 is 15.3 Å². The van der Waals surface area contributed by atoms with Gasteiger partial charge in [-0.3, -0.25) is 4.79 Å². The van der Waals surface area contributed by atoms with E-state index in [0.717, 1.165) is 32.4 Å². The number of alkyl halides is 3. The van der Waals surface area contributed by atoms with E-state index < -0.39 is 12.1 Å². The molecule has 1 aromatic rings. The summed E-state index contributed by atoms with van der Waals surface area (Å²) in [6.45, 7) is 1.84. The van der Waals surface area contributed by atoms with Crippen molar-refractivity contribution in [1.82, 2.24) is 10.2 Å². The molecular weight excluding hydrogens is 349 g/mol. The SMILES string of the molecule is CNC1CCN(C(=O)[C@@H]2C[C@H]2c2ccccc2)CC1.O=C(O)C(F)(F)F. The number of likely N-dealkylation sites (tertiary alicyclic amines) is 1. The van der Waals surface area contributed by atoms with E-state index in [9.17, 15) is 18.0 Å². The molecule has 26 heavy (non-hydrogen) atoms. The number of carboxylic acid groups (broad SMARTS) is 1. The van der Waals surface area contributed by atoms with Gasteiger partial charge in [-0.2, -0.15) is 13.2 Å². The highest BCUT2D eigenvalue weighted by Crippen LogP contribution is 2.48. The standard InChI is InChI=1S/C16H22N2O.C2HF3O2/c1-17-13-7-9-18(10-8-13)16(19)15-11-14(15)12-5-3-2-4-6-12;3-2(4,5)1(6)7/h2-6,13-15,17H,7-11H2,1H3;(H,6,7)/t14-,15+;/m0./s1. The Kier molecular flexibility index (Phi) is 6.63. The lowest BCUT2D eigenvalue weighted by molar-refractivity contribution is -0.192. The Labute approximate surface area is 150 Å². The molecule has 3 rings (SSSR count). The molecule has 2 aliphatic rings. The lowest BCUT2D eigenvalue weighted by atomic mass is 10.0. The fraction of sp³-hybridized carbons (Fsp3) is 0.556. The van der Waals surface area contributed by atoms with Gasteiger partial charge in [0, 0.05) is 25.0 Å². The summed E-state index contributed by atoms with van der Waals surface area (Å²) in [5.41, 5.74) is 1.32. The molecule has 144 valence electrons. The predicted octanol–water partition coefficient (Wildman–Crippen LogP) is 2.63. The number of benzene rings is 1. The number of aliphatic carboxylic acids is 1. The first kappa shape index (κ1) is 20.2. The summed E-state index contributed by atoms with van der Waals surface area (Å²) in [5, 5.41) is 10.4. The summed E-state index contributed by atoms with van der Waals surface area (Å²) in [7, 11) is 2.01. The van der Waals surface area contributed by atoms with Crippen LogP contribution in [0, 0.1) is 5.92 Å². The van der Waals surface area contributed by atoms with Crippen LogP contribution in [-0.4, -0.2) is 54.2 Å². The Morgan fingerprint density at radius 2 is 1.69 bits per heavy atom. The van der Waals surface area contributed by atoms with Gasteiger partial charge in [0.2, 0.25) is 5.91 Å². The molecule has 1 aromatic carbocycles. The number of hydrogen-bond donors (Lipinski definition) is 2. The zero-order valence-electron chi connectivity index (χ0n) is 14.5. The van der Waals surface area contributed by atoms with Crippen molar-refractivity contribution in [2.75, 3.05) is 20.1 Å². The molecule has 1 saturated heterocycles. The smallest absolute Gasteiger partial charge is 0.475 e. The van der Waals surface area contributed by atoms with Gasteiger partial charge in [0.15, 0.2) is 0 Å². The summed E-state index contributed by atoms with van der Waals surface area (Å²) in [5.74, 6) is -1.67. The van der Waals surface area contributed by atoms with E-state index in [1.165, 1.54) is 5.56 Å². The monoisotopic (exact) mass is 372 g/mol. The number of carboxylic acids is 1. The second-order valence-electron chi connectivity index (χ2n) is 6.55. The average Bonchev–Trinajstić information content (AvgIpc) is 3.42. The van der Waals surface area contributed by atoms with Crippen molar-refractivity contribution in [3.05, 3.63) is 35.9 Å². The van der Waals surface area contributed by atoms with Crippen molar-refractivity contribution in [1.29, 1.82) is 0 Å². The third kappa shape index (κ3) is 5.45. The van der Waals surface area contributed by atoms with Gasteiger partial charge in [0.05, 0.1) is 0 Å². The van der Waals surface area contributed by atoms with Gasteiger partial charge in [0.1, 0.15) is 0 Å². The number of amides is 1. The Balaban J connectivity index is 0.000000298. The van der Waals surface area contributed by atoms with Crippen LogP contribution in [0.1, 0.15) is 30.7 Å². The van der Waals surface area contributed by atoms with Crippen molar-refractivity contribution in [2.24, 2.45) is 5.92 Å². The van der Waals surface area contributed by atoms with Crippen LogP contribution in [0.3, 0.4) is 0 Å². The summed E-state index contributed by atoms with van der Waals surface area (Å²) in [6, 6.07) is 11.0. The molecule has 0 aromatic heterocycles. The second-order valence-corrected chi connectivity index (χ2v) is 6.55. The lowest BCUT2D eigenvalue weighted by Gasteiger charge is -2.32. The number of rotatable bonds is 3. The molecule has 2 N–H and O–H groups in total. The predicted molar refractivity (Wildman–Crippen MR) is 89.6 cm³/mol. The van der Waals surface area contributed by atoms with E-state index in [1.54, 1.807) is 0 Å². The van der Waals surface area contributed by atoms with Crippen LogP contribution in [-0.2, 0) is 9.59 Å². The molecule has 1 aliphatic heterocycles. The highest BCUT2D eigenvalue weighted by Gasteiger charge is 2.46. The van der Waals surface area contributed by atoms with Crippen molar-refractivity contribution in [3.8, 4) is 0 Å². The Hall–Kier alpha value is -2.09. The van der Waals surface area contributed by atoms with Crippen LogP contribution in [0.25, 0.3) is 0 Å². The maximum absolute atomic E-state index is 12.4. The van der Waals surface area contributed by atoms with Gasteiger partial charge in [-0.25, -0.2) is 4.79 Å². The van der Waals surface area contributed by atoms with Crippen molar-refractivity contribution < 1.29 is 27.9 Å². The van der Waals surface area contributed by atoms with Crippen molar-refractivity contribution in [2.45, 2.75) is 37.4 Å². The van der Waals surface area contributed by atoms with E-state index in [-0.39, 0.29) is 5.92 Å². The summed E-state index contributed by atoms with van der Waals surface area (Å²) in [4.78, 5) is 23.4. The van der Waals surface area contributed by atoms with Gasteiger partial charge in [-0.1, -0.05) is 30.3 Å². The first-order valence-electron chi connectivity index (χ1n) is 8.55. The molecular formula is C18H23F3N2O3. The Morgan fingerprint density at radius 1 is 1.15 bits per heavy atom. The van der Waals surface area contributed by atoms with Gasteiger partial charge >= 0.3 is 12.1 Å². The van der Waals surface area contributed by atoms with Crippen LogP contribution < -0.4 is 5.32 Å². The molecule has 1 saturated carbocycles. The molecule has 5 nitrogen and oxygen atoms in total. The number of nitrogens with one attached hydrogen (secondary N) is 1. The molecule has 2 fully saturated rings. The van der Waals surface area contributed by atoms with Crippen molar-refractivity contribution >= 4 is 11.9 Å². The molecule has 2 atom stereocenters. The maximum atomic E-state index is 12.4. The quantitative estimate of drug-likeness (QED) is 0.856. The van der Waals surface area contributed by atoms with E-state index in [4.69, 9.17) is 9.90 Å². The number of nitrogens with zero attached hydrogens (tertiary/aromatic N) is 1. The Bertz CT molecular complexity index is 614. The van der Waals surface area contributed by atoms with Gasteiger partial charge in [-0.05, 0) is 37.8 Å². The Morgan fingerprint density at radius 3 is 2.15 bits per heavy atom. The zero-order valence-corrected chi connectivity index (χ0v) is 14.5. The van der Waals surface area contributed by atoms with Crippen LogP contribution in [0.15, 0.2) is 30.3 Å². The molecule has 0 unspecified atom stereocenters. The van der Waals surface area contributed by atoms with E-state index in [0.29, 0.717) is 17.9 Å². The molecule has 0 spiro atoms. The first-order chi connectivity index (χ1) is 12.2. The minimum absolute atomic E-state index is 0.244. The third-order valence-corrected chi connectivity index (χ3v) is 4.79. The number of carbonyl (C=O) groups excluding carboxylic acids is 1. The molecule has 8 heteroatoms. The molecule has 0 bridgehead atoms. The molecule has 1 aliphatic carbocycles. The minimum atomic E-state index is -5.08. The van der Waals surface area contributed by atoms with E-state index in [2.05, 4.69) is 34.5 Å². The third-order valence-electron chi connectivity index (χ3n) is 4.79. The fourth-order valence-corrected chi connectivity index (χ4v) is 3.16.